The second-order valence-electron chi connectivity index (χ2n) is 8.77. The zero-order valence-corrected chi connectivity index (χ0v) is 20.5. The third kappa shape index (κ3) is 4.67. The summed E-state index contributed by atoms with van der Waals surface area (Å²) < 4.78 is 26.1. The van der Waals surface area contributed by atoms with Gasteiger partial charge in [-0.15, -0.1) is 0 Å². The number of ketones is 2. The maximum Gasteiger partial charge on any atom is 0.262 e. The van der Waals surface area contributed by atoms with E-state index in [9.17, 15) is 18.8 Å². The van der Waals surface area contributed by atoms with Gasteiger partial charge >= 0.3 is 0 Å². The fraction of sp³-hybridized carbons (Fsp3) is 0.296. The number of Topliss-reactive ketones (excluding diaryl/α,β-unsaturated/α-hetero) is 2. The molecule has 5 rings (SSSR count). The average Bonchev–Trinajstić information content (AvgIpc) is 2.84. The highest BCUT2D eigenvalue weighted by Crippen LogP contribution is 2.48. The zero-order chi connectivity index (χ0) is 24.5. The number of hydrogen-bond donors (Lipinski definition) is 1. The zero-order valence-electron chi connectivity index (χ0n) is 18.9. The Morgan fingerprint density at radius 3 is 2.29 bits per heavy atom. The molecule has 0 atom stereocenters. The second-order valence-corrected chi connectivity index (χ2v) is 9.62. The van der Waals surface area contributed by atoms with Crippen molar-refractivity contribution in [2.45, 2.75) is 44.4 Å². The van der Waals surface area contributed by atoms with E-state index in [0.717, 1.165) is 18.4 Å². The molecule has 0 unspecified atom stereocenters. The van der Waals surface area contributed by atoms with Crippen LogP contribution in [0.4, 0.5) is 10.1 Å². The quantitative estimate of drug-likeness (QED) is 0.524. The van der Waals surface area contributed by atoms with E-state index in [4.69, 9.17) is 9.47 Å². The summed E-state index contributed by atoms with van der Waals surface area (Å²) in [5.41, 5.74) is 2.02. The number of anilines is 1. The Morgan fingerprint density at radius 2 is 1.66 bits per heavy atom. The van der Waals surface area contributed by atoms with E-state index in [1.165, 1.54) is 12.1 Å². The maximum atomic E-state index is 13.8. The number of ether oxygens (including phenoxy) is 2. The van der Waals surface area contributed by atoms with Crippen LogP contribution >= 0.6 is 15.9 Å². The molecule has 0 fully saturated rings. The summed E-state index contributed by atoms with van der Waals surface area (Å²) in [6.45, 7) is -0.314. The van der Waals surface area contributed by atoms with Gasteiger partial charge in [-0.3, -0.25) is 14.4 Å². The first-order chi connectivity index (χ1) is 16.9. The van der Waals surface area contributed by atoms with Crippen molar-refractivity contribution in [2.24, 2.45) is 0 Å². The third-order valence-electron chi connectivity index (χ3n) is 6.44. The van der Waals surface area contributed by atoms with Crippen molar-refractivity contribution in [1.29, 1.82) is 0 Å². The van der Waals surface area contributed by atoms with Gasteiger partial charge in [0, 0.05) is 42.7 Å². The molecule has 0 aromatic heterocycles. The van der Waals surface area contributed by atoms with E-state index in [1.807, 2.05) is 12.1 Å². The predicted octanol–water partition coefficient (Wildman–Crippen LogP) is 5.73. The summed E-state index contributed by atoms with van der Waals surface area (Å²) >= 11 is 3.50. The van der Waals surface area contributed by atoms with Crippen LogP contribution < -0.4 is 10.1 Å². The van der Waals surface area contributed by atoms with Gasteiger partial charge in [0.05, 0.1) is 10.2 Å². The highest BCUT2D eigenvalue weighted by molar-refractivity contribution is 9.10. The van der Waals surface area contributed by atoms with E-state index in [0.29, 0.717) is 58.6 Å². The molecule has 1 amide bonds. The Labute approximate surface area is 210 Å². The minimum atomic E-state index is -0.528. The molecule has 3 aliphatic rings. The molecule has 35 heavy (non-hydrogen) atoms. The molecule has 2 aromatic rings. The predicted molar refractivity (Wildman–Crippen MR) is 130 cm³/mol. The van der Waals surface area contributed by atoms with E-state index in [1.54, 1.807) is 18.2 Å². The lowest BCUT2D eigenvalue weighted by Crippen LogP contribution is -2.30. The van der Waals surface area contributed by atoms with Gasteiger partial charge < -0.3 is 14.8 Å². The van der Waals surface area contributed by atoms with Crippen LogP contribution in [0.25, 0.3) is 0 Å². The number of hydrogen-bond acceptors (Lipinski definition) is 5. The fourth-order valence-corrected chi connectivity index (χ4v) is 5.37. The summed E-state index contributed by atoms with van der Waals surface area (Å²) in [5, 5.41) is 2.48. The van der Waals surface area contributed by atoms with Gasteiger partial charge in [0.2, 0.25) is 0 Å². The molecule has 1 heterocycles. The second kappa shape index (κ2) is 9.77. The van der Waals surface area contributed by atoms with Crippen molar-refractivity contribution in [3.05, 3.63) is 81.0 Å². The van der Waals surface area contributed by atoms with Gasteiger partial charge in [-0.2, -0.15) is 0 Å². The third-order valence-corrected chi connectivity index (χ3v) is 7.06. The molecular formula is C27H23BrFNO5. The van der Waals surface area contributed by atoms with Crippen molar-refractivity contribution in [1.82, 2.24) is 0 Å². The highest BCUT2D eigenvalue weighted by Gasteiger charge is 2.41. The van der Waals surface area contributed by atoms with E-state index in [-0.39, 0.29) is 23.9 Å². The molecular weight excluding hydrogens is 517 g/mol. The Kier molecular flexibility index (Phi) is 6.56. The summed E-state index contributed by atoms with van der Waals surface area (Å²) in [4.78, 5) is 38.1. The van der Waals surface area contributed by atoms with Crippen LogP contribution in [0.5, 0.6) is 5.75 Å². The first-order valence-electron chi connectivity index (χ1n) is 11.6. The van der Waals surface area contributed by atoms with Crippen LogP contribution in [0.2, 0.25) is 0 Å². The summed E-state index contributed by atoms with van der Waals surface area (Å²) in [6.07, 6.45) is 3.73. The maximum absolute atomic E-state index is 13.8. The number of allylic oxidation sites excluding steroid dienone is 4. The van der Waals surface area contributed by atoms with Crippen LogP contribution in [0.1, 0.15) is 50.0 Å². The number of carbonyl (C=O) groups excluding carboxylic acids is 3. The topological polar surface area (TPSA) is 81.7 Å². The number of para-hydroxylation sites is 1. The summed E-state index contributed by atoms with van der Waals surface area (Å²) in [6, 6.07) is 11.2. The molecule has 180 valence electrons. The number of halogens is 2. The van der Waals surface area contributed by atoms with E-state index >= 15 is 0 Å². The minimum Gasteiger partial charge on any atom is -0.483 e. The lowest BCUT2D eigenvalue weighted by atomic mass is 9.73. The number of rotatable bonds is 5. The minimum absolute atomic E-state index is 0.0161. The van der Waals surface area contributed by atoms with E-state index < -0.39 is 17.6 Å². The SMILES string of the molecule is O=C(COc1ccc(C2C3=C(CCCC3=O)OC3=C2C(=O)CCC3)cc1Br)Nc1ccccc1F. The lowest BCUT2D eigenvalue weighted by molar-refractivity contribution is -0.119. The van der Waals surface area contributed by atoms with Gasteiger partial charge in [-0.05, 0) is 58.6 Å². The molecule has 1 N–H and O–H groups in total. The van der Waals surface area contributed by atoms with Crippen molar-refractivity contribution >= 4 is 39.1 Å². The van der Waals surface area contributed by atoms with E-state index in [2.05, 4.69) is 21.2 Å². The largest absolute Gasteiger partial charge is 0.483 e. The molecule has 2 aromatic carbocycles. The first kappa shape index (κ1) is 23.5. The van der Waals surface area contributed by atoms with Gasteiger partial charge in [0.15, 0.2) is 18.2 Å². The van der Waals surface area contributed by atoms with Crippen LogP contribution in [0.3, 0.4) is 0 Å². The van der Waals surface area contributed by atoms with Crippen LogP contribution in [-0.4, -0.2) is 24.1 Å². The summed E-state index contributed by atoms with van der Waals surface area (Å²) in [5.74, 6) is 0.314. The van der Waals surface area contributed by atoms with Crippen LogP contribution in [-0.2, 0) is 19.1 Å². The number of benzene rings is 2. The first-order valence-corrected chi connectivity index (χ1v) is 12.4. The van der Waals surface area contributed by atoms with Gasteiger partial charge in [0.1, 0.15) is 23.1 Å². The normalized spacial score (nSPS) is 18.1. The van der Waals surface area contributed by atoms with Crippen LogP contribution in [0.15, 0.2) is 69.6 Å². The van der Waals surface area contributed by atoms with Crippen molar-refractivity contribution in [3.8, 4) is 5.75 Å². The molecule has 0 spiro atoms. The molecule has 0 saturated heterocycles. The molecule has 8 heteroatoms. The van der Waals surface area contributed by atoms with Crippen molar-refractivity contribution in [3.63, 3.8) is 0 Å². The lowest BCUT2D eigenvalue weighted by Gasteiger charge is -2.36. The Hall–Kier alpha value is -3.26. The highest BCUT2D eigenvalue weighted by atomic mass is 79.9. The number of carbonyl (C=O) groups is 3. The molecule has 0 radical (unpaired) electrons. The smallest absolute Gasteiger partial charge is 0.262 e. The Balaban J connectivity index is 1.39. The van der Waals surface area contributed by atoms with Gasteiger partial charge in [-0.1, -0.05) is 18.2 Å². The standard InChI is InChI=1S/C27H23BrFNO5/c28-16-13-15(11-12-21(16)34-14-24(33)30-18-6-2-1-5-17(18)29)25-26-19(31)7-3-9-22(26)35-23-10-4-8-20(32)27(23)25/h1-2,5-6,11-13,25H,3-4,7-10,14H2,(H,30,33). The Morgan fingerprint density at radius 1 is 1.00 bits per heavy atom. The molecule has 0 saturated carbocycles. The molecule has 0 bridgehead atoms. The fourth-order valence-electron chi connectivity index (χ4n) is 4.86. The van der Waals surface area contributed by atoms with Gasteiger partial charge in [-0.25, -0.2) is 4.39 Å². The van der Waals surface area contributed by atoms with Crippen LogP contribution in [0, 0.1) is 5.82 Å². The number of nitrogens with one attached hydrogen (secondary N) is 1. The average molecular weight is 540 g/mol. The Bertz CT molecular complexity index is 1260. The molecule has 2 aliphatic carbocycles. The molecule has 1 aliphatic heterocycles. The van der Waals surface area contributed by atoms with Gasteiger partial charge in [0.25, 0.3) is 5.91 Å². The summed E-state index contributed by atoms with van der Waals surface area (Å²) in [7, 11) is 0. The number of amides is 1. The van der Waals surface area contributed by atoms with Crippen molar-refractivity contribution < 1.29 is 28.2 Å². The monoisotopic (exact) mass is 539 g/mol. The van der Waals surface area contributed by atoms with Crippen molar-refractivity contribution in [2.75, 3.05) is 11.9 Å². The molecule has 6 nitrogen and oxygen atoms in total.